The number of benzene rings is 4. The largest absolute Gasteiger partial charge is 0.507 e. The molecule has 0 spiro atoms. The Balaban J connectivity index is 1.81. The molecule has 4 aromatic rings. The quantitative estimate of drug-likeness (QED) is 0.463. The summed E-state index contributed by atoms with van der Waals surface area (Å²) in [6.07, 6.45) is 4.95. The van der Waals surface area contributed by atoms with E-state index in [-0.39, 0.29) is 0 Å². The highest BCUT2D eigenvalue weighted by Gasteiger charge is 2.06. The number of para-hydroxylation sites is 1. The van der Waals surface area contributed by atoms with Gasteiger partial charge >= 0.3 is 0 Å². The molecule has 0 aliphatic carbocycles. The highest BCUT2D eigenvalue weighted by atomic mass is 16.3. The van der Waals surface area contributed by atoms with Crippen molar-refractivity contribution >= 4 is 27.6 Å². The van der Waals surface area contributed by atoms with Crippen LogP contribution in [-0.2, 0) is 6.42 Å². The minimum Gasteiger partial charge on any atom is -0.507 e. The summed E-state index contributed by atoms with van der Waals surface area (Å²) in [6.45, 7) is 0. The molecular weight excluding hydrogens is 292 g/mol. The van der Waals surface area contributed by atoms with Gasteiger partial charge in [-0.05, 0) is 45.7 Å². The van der Waals surface area contributed by atoms with Crippen LogP contribution in [0.5, 0.6) is 5.75 Å². The molecule has 0 aromatic heterocycles. The van der Waals surface area contributed by atoms with E-state index in [1.165, 1.54) is 27.1 Å². The van der Waals surface area contributed by atoms with Crippen LogP contribution in [0.4, 0.5) is 0 Å². The fourth-order valence-electron chi connectivity index (χ4n) is 3.26. The zero-order valence-electron chi connectivity index (χ0n) is 13.3. The first-order valence-corrected chi connectivity index (χ1v) is 8.17. The van der Waals surface area contributed by atoms with Gasteiger partial charge in [-0.15, -0.1) is 0 Å². The Morgan fingerprint density at radius 3 is 1.96 bits per heavy atom. The molecule has 0 heterocycles. The van der Waals surface area contributed by atoms with Gasteiger partial charge in [-0.1, -0.05) is 78.9 Å². The van der Waals surface area contributed by atoms with E-state index in [1.54, 1.807) is 6.07 Å². The van der Waals surface area contributed by atoms with E-state index >= 15 is 0 Å². The first-order valence-electron chi connectivity index (χ1n) is 8.17. The van der Waals surface area contributed by atoms with Gasteiger partial charge in [-0.2, -0.15) is 0 Å². The van der Waals surface area contributed by atoms with Gasteiger partial charge in [0.05, 0.1) is 0 Å². The molecule has 116 valence electrons. The molecule has 0 radical (unpaired) electrons. The molecule has 1 nitrogen and oxygen atoms in total. The van der Waals surface area contributed by atoms with E-state index in [9.17, 15) is 5.11 Å². The van der Waals surface area contributed by atoms with E-state index in [0.29, 0.717) is 5.75 Å². The van der Waals surface area contributed by atoms with Crippen LogP contribution in [0.3, 0.4) is 0 Å². The molecule has 0 fully saturated rings. The van der Waals surface area contributed by atoms with E-state index in [2.05, 4.69) is 60.7 Å². The maximum absolute atomic E-state index is 9.90. The van der Waals surface area contributed by atoms with Crippen LogP contribution in [0.15, 0.2) is 84.9 Å². The van der Waals surface area contributed by atoms with Crippen LogP contribution in [0.25, 0.3) is 27.6 Å². The molecule has 4 aromatic carbocycles. The van der Waals surface area contributed by atoms with Crippen molar-refractivity contribution in [2.75, 3.05) is 0 Å². The van der Waals surface area contributed by atoms with Crippen LogP contribution in [-0.4, -0.2) is 5.11 Å². The second-order valence-corrected chi connectivity index (χ2v) is 5.96. The van der Waals surface area contributed by atoms with Gasteiger partial charge in [-0.3, -0.25) is 0 Å². The lowest BCUT2D eigenvalue weighted by Crippen LogP contribution is -1.88. The number of allylic oxidation sites excluding steroid dienone is 1. The third kappa shape index (κ3) is 2.65. The lowest BCUT2D eigenvalue weighted by Gasteiger charge is -2.10. The van der Waals surface area contributed by atoms with Gasteiger partial charge in [0.15, 0.2) is 0 Å². The summed E-state index contributed by atoms with van der Waals surface area (Å²) in [4.78, 5) is 0. The summed E-state index contributed by atoms with van der Waals surface area (Å²) in [5, 5.41) is 15.0. The molecule has 0 atom stereocenters. The van der Waals surface area contributed by atoms with E-state index < -0.39 is 0 Å². The summed E-state index contributed by atoms with van der Waals surface area (Å²) in [5.41, 5.74) is 2.18. The van der Waals surface area contributed by atoms with E-state index in [4.69, 9.17) is 0 Å². The van der Waals surface area contributed by atoms with Crippen molar-refractivity contribution in [3.05, 3.63) is 96.1 Å². The average molecular weight is 310 g/mol. The smallest absolute Gasteiger partial charge is 0.122 e. The second kappa shape index (κ2) is 6.21. The molecule has 1 heteroatoms. The maximum Gasteiger partial charge on any atom is 0.122 e. The number of hydrogen-bond donors (Lipinski definition) is 1. The van der Waals surface area contributed by atoms with Gasteiger partial charge in [0, 0.05) is 5.56 Å². The van der Waals surface area contributed by atoms with Crippen molar-refractivity contribution in [3.63, 3.8) is 0 Å². The Kier molecular flexibility index (Phi) is 3.76. The van der Waals surface area contributed by atoms with E-state index in [0.717, 1.165) is 12.0 Å². The molecule has 24 heavy (non-hydrogen) atoms. The summed E-state index contributed by atoms with van der Waals surface area (Å²) in [7, 11) is 0. The topological polar surface area (TPSA) is 20.2 Å². The predicted molar refractivity (Wildman–Crippen MR) is 102 cm³/mol. The maximum atomic E-state index is 9.90. The zero-order chi connectivity index (χ0) is 16.4. The van der Waals surface area contributed by atoms with Crippen LogP contribution in [0.1, 0.15) is 11.1 Å². The number of hydrogen-bond acceptors (Lipinski definition) is 1. The summed E-state index contributed by atoms with van der Waals surface area (Å²) in [5.74, 6) is 0.316. The van der Waals surface area contributed by atoms with Gasteiger partial charge in [0.25, 0.3) is 0 Å². The van der Waals surface area contributed by atoms with Crippen LogP contribution in [0, 0.1) is 0 Å². The fraction of sp³-hybridized carbons (Fsp3) is 0.0435. The Labute approximate surface area is 141 Å². The van der Waals surface area contributed by atoms with Gasteiger partial charge in [0.2, 0.25) is 0 Å². The molecule has 0 aliphatic heterocycles. The number of fused-ring (bicyclic) bond motifs is 2. The molecule has 0 aliphatic rings. The zero-order valence-corrected chi connectivity index (χ0v) is 13.3. The lowest BCUT2D eigenvalue weighted by atomic mass is 9.94. The molecule has 0 saturated carbocycles. The van der Waals surface area contributed by atoms with Gasteiger partial charge < -0.3 is 5.11 Å². The normalized spacial score (nSPS) is 11.5. The number of phenols is 1. The number of aromatic hydroxyl groups is 1. The van der Waals surface area contributed by atoms with Crippen molar-refractivity contribution in [2.24, 2.45) is 0 Å². The molecule has 0 bridgehead atoms. The Morgan fingerprint density at radius 2 is 1.29 bits per heavy atom. The van der Waals surface area contributed by atoms with Crippen LogP contribution in [0.2, 0.25) is 0 Å². The summed E-state index contributed by atoms with van der Waals surface area (Å²) >= 11 is 0. The van der Waals surface area contributed by atoms with Crippen LogP contribution < -0.4 is 0 Å². The lowest BCUT2D eigenvalue weighted by molar-refractivity contribution is 0.474. The first kappa shape index (κ1) is 14.5. The minimum absolute atomic E-state index is 0.316. The van der Waals surface area contributed by atoms with Crippen molar-refractivity contribution in [1.29, 1.82) is 0 Å². The number of phenolic OH excluding ortho intramolecular Hbond substituents is 1. The van der Waals surface area contributed by atoms with Crippen molar-refractivity contribution in [2.45, 2.75) is 6.42 Å². The monoisotopic (exact) mass is 310 g/mol. The van der Waals surface area contributed by atoms with Crippen molar-refractivity contribution in [3.8, 4) is 5.75 Å². The highest BCUT2D eigenvalue weighted by molar-refractivity contribution is 6.02. The van der Waals surface area contributed by atoms with Gasteiger partial charge in [0.1, 0.15) is 5.75 Å². The predicted octanol–water partition coefficient (Wildman–Crippen LogP) is 5.95. The average Bonchev–Trinajstić information content (AvgIpc) is 2.62. The summed E-state index contributed by atoms with van der Waals surface area (Å²) in [6, 6.07) is 26.7. The van der Waals surface area contributed by atoms with E-state index in [1.807, 2.05) is 24.3 Å². The fourth-order valence-corrected chi connectivity index (χ4v) is 3.26. The third-order valence-electron chi connectivity index (χ3n) is 4.44. The minimum atomic E-state index is 0.316. The SMILES string of the molecule is Oc1ccccc1/C=C/Cc1c2ccccc2cc2ccccc12. The summed E-state index contributed by atoms with van der Waals surface area (Å²) < 4.78 is 0. The Hall–Kier alpha value is -3.06. The molecular formula is C23H18O. The van der Waals surface area contributed by atoms with Gasteiger partial charge in [-0.25, -0.2) is 0 Å². The standard InChI is InChI=1S/C23H18O/c24-23-15-6-3-8-17(23)11-7-14-22-20-12-4-1-9-18(20)16-19-10-2-5-13-21(19)22/h1-13,15-16,24H,14H2/b11-7+. The second-order valence-electron chi connectivity index (χ2n) is 5.96. The molecule has 1 N–H and O–H groups in total. The third-order valence-corrected chi connectivity index (χ3v) is 4.44. The Bertz CT molecular complexity index is 990. The molecule has 0 amide bonds. The molecule has 4 rings (SSSR count). The van der Waals surface area contributed by atoms with Crippen molar-refractivity contribution < 1.29 is 5.11 Å². The molecule has 0 saturated heterocycles. The van der Waals surface area contributed by atoms with Crippen LogP contribution >= 0.6 is 0 Å². The highest BCUT2D eigenvalue weighted by Crippen LogP contribution is 2.29. The Morgan fingerprint density at radius 1 is 0.708 bits per heavy atom. The van der Waals surface area contributed by atoms with Crippen molar-refractivity contribution in [1.82, 2.24) is 0 Å². The molecule has 0 unspecified atom stereocenters. The number of rotatable bonds is 3. The first-order chi connectivity index (χ1) is 11.8.